The van der Waals surface area contributed by atoms with Gasteiger partial charge in [-0.3, -0.25) is 15.4 Å². The van der Waals surface area contributed by atoms with E-state index in [0.29, 0.717) is 19.4 Å². The number of carbonyl (C=O) groups excluding carboxylic acids is 3. The first kappa shape index (κ1) is 21.7. The fourth-order valence-electron chi connectivity index (χ4n) is 1.89. The highest BCUT2D eigenvalue weighted by molar-refractivity contribution is 6.40. The number of ether oxygens (including phenoxy) is 2. The molecule has 0 heterocycles. The summed E-state index contributed by atoms with van der Waals surface area (Å²) in [4.78, 5) is 34.9. The van der Waals surface area contributed by atoms with Crippen LogP contribution in [0.3, 0.4) is 0 Å². The molecule has 0 spiro atoms. The molecule has 0 aliphatic rings. The Hall–Kier alpha value is -2.32. The van der Waals surface area contributed by atoms with Gasteiger partial charge in [-0.1, -0.05) is 0 Å². The van der Waals surface area contributed by atoms with Crippen molar-refractivity contribution < 1.29 is 28.2 Å². The molecule has 7 nitrogen and oxygen atoms in total. The third-order valence-electron chi connectivity index (χ3n) is 3.56. The molecule has 0 bridgehead atoms. The zero-order valence-corrected chi connectivity index (χ0v) is 15.1. The fourth-order valence-corrected chi connectivity index (χ4v) is 1.89. The first-order chi connectivity index (χ1) is 12.3. The number of carbonyl (C=O) groups is 3. The molecule has 0 fully saturated rings. The van der Waals surface area contributed by atoms with Crippen LogP contribution in [0.5, 0.6) is 0 Å². The highest BCUT2D eigenvalue weighted by Gasteiger charge is 2.17. The van der Waals surface area contributed by atoms with Gasteiger partial charge in [0, 0.05) is 18.2 Å². The van der Waals surface area contributed by atoms with Crippen molar-refractivity contribution in [3.05, 3.63) is 35.6 Å². The number of benzene rings is 1. The third-order valence-corrected chi connectivity index (χ3v) is 3.56. The van der Waals surface area contributed by atoms with Crippen molar-refractivity contribution in [2.24, 2.45) is 5.84 Å². The van der Waals surface area contributed by atoms with E-state index in [1.165, 1.54) is 12.1 Å². The van der Waals surface area contributed by atoms with Crippen LogP contribution in [-0.4, -0.2) is 48.5 Å². The minimum absolute atomic E-state index is 0.0350. The van der Waals surface area contributed by atoms with E-state index in [-0.39, 0.29) is 37.2 Å². The molecule has 1 rings (SSSR count). The summed E-state index contributed by atoms with van der Waals surface area (Å²) in [5.41, 5.74) is 0.0701. The van der Waals surface area contributed by atoms with Crippen LogP contribution in [0.4, 0.5) is 4.39 Å². The SMILES string of the molecule is CC(C)N(N)CCC(=O)OCCCCOC(=O)C(=O)c1ccc(F)cc1. The van der Waals surface area contributed by atoms with Gasteiger partial charge in [0.05, 0.1) is 19.6 Å². The number of unbranched alkanes of at least 4 members (excludes halogenated alkanes) is 1. The highest BCUT2D eigenvalue weighted by atomic mass is 19.1. The van der Waals surface area contributed by atoms with E-state index in [0.717, 1.165) is 12.1 Å². The maximum absolute atomic E-state index is 12.8. The van der Waals surface area contributed by atoms with E-state index in [4.69, 9.17) is 15.3 Å². The number of nitrogens with two attached hydrogens (primary N) is 1. The number of esters is 2. The van der Waals surface area contributed by atoms with Gasteiger partial charge in [-0.05, 0) is 51.0 Å². The van der Waals surface area contributed by atoms with Crippen molar-refractivity contribution in [2.75, 3.05) is 19.8 Å². The van der Waals surface area contributed by atoms with Crippen LogP contribution in [0.2, 0.25) is 0 Å². The summed E-state index contributed by atoms with van der Waals surface area (Å²) in [5.74, 6) is 3.04. The molecule has 0 unspecified atom stereocenters. The Morgan fingerprint density at radius 1 is 1.08 bits per heavy atom. The number of rotatable bonds is 11. The molecule has 0 saturated carbocycles. The first-order valence-electron chi connectivity index (χ1n) is 8.45. The number of ketones is 1. The van der Waals surface area contributed by atoms with Crippen LogP contribution >= 0.6 is 0 Å². The Balaban J connectivity index is 2.13. The number of nitrogens with zero attached hydrogens (tertiary/aromatic N) is 1. The van der Waals surface area contributed by atoms with E-state index in [2.05, 4.69) is 0 Å². The average molecular weight is 368 g/mol. The van der Waals surface area contributed by atoms with E-state index in [1.54, 1.807) is 5.01 Å². The van der Waals surface area contributed by atoms with Gasteiger partial charge in [0.25, 0.3) is 5.78 Å². The fraction of sp³-hybridized carbons (Fsp3) is 0.500. The summed E-state index contributed by atoms with van der Waals surface area (Å²) in [6.45, 7) is 4.50. The van der Waals surface area contributed by atoms with E-state index >= 15 is 0 Å². The number of Topliss-reactive ketones (excluding diaryl/α,β-unsaturated/α-hetero) is 1. The Morgan fingerprint density at radius 3 is 2.23 bits per heavy atom. The lowest BCUT2D eigenvalue weighted by Gasteiger charge is -2.19. The van der Waals surface area contributed by atoms with E-state index < -0.39 is 17.6 Å². The molecule has 0 aromatic heterocycles. The van der Waals surface area contributed by atoms with Crippen molar-refractivity contribution in [3.8, 4) is 0 Å². The topological polar surface area (TPSA) is 98.9 Å². The average Bonchev–Trinajstić information content (AvgIpc) is 2.62. The van der Waals surface area contributed by atoms with Crippen molar-refractivity contribution in [3.63, 3.8) is 0 Å². The summed E-state index contributed by atoms with van der Waals surface area (Å²) < 4.78 is 22.7. The van der Waals surface area contributed by atoms with Gasteiger partial charge in [0.2, 0.25) is 0 Å². The van der Waals surface area contributed by atoms with Gasteiger partial charge in [-0.15, -0.1) is 0 Å². The largest absolute Gasteiger partial charge is 0.466 e. The number of hydrogen-bond donors (Lipinski definition) is 1. The Labute approximate surface area is 152 Å². The van der Waals surface area contributed by atoms with Gasteiger partial charge in [0.1, 0.15) is 5.82 Å². The lowest BCUT2D eigenvalue weighted by atomic mass is 10.1. The maximum atomic E-state index is 12.8. The molecule has 144 valence electrons. The summed E-state index contributed by atoms with van der Waals surface area (Å²) in [7, 11) is 0. The summed E-state index contributed by atoms with van der Waals surface area (Å²) in [6.07, 6.45) is 1.15. The highest BCUT2D eigenvalue weighted by Crippen LogP contribution is 2.05. The molecule has 0 saturated heterocycles. The number of halogens is 1. The van der Waals surface area contributed by atoms with Crippen molar-refractivity contribution in [1.82, 2.24) is 5.01 Å². The van der Waals surface area contributed by atoms with E-state index in [9.17, 15) is 18.8 Å². The van der Waals surface area contributed by atoms with Gasteiger partial charge in [-0.2, -0.15) is 0 Å². The predicted molar refractivity (Wildman–Crippen MR) is 92.5 cm³/mol. The first-order valence-corrected chi connectivity index (χ1v) is 8.45. The summed E-state index contributed by atoms with van der Waals surface area (Å²) in [5, 5.41) is 1.55. The van der Waals surface area contributed by atoms with Gasteiger partial charge in [0.15, 0.2) is 0 Å². The van der Waals surface area contributed by atoms with Gasteiger partial charge < -0.3 is 9.47 Å². The number of hydrazine groups is 1. The van der Waals surface area contributed by atoms with Gasteiger partial charge >= 0.3 is 11.9 Å². The molecule has 8 heteroatoms. The normalized spacial score (nSPS) is 10.8. The smallest absolute Gasteiger partial charge is 0.379 e. The van der Waals surface area contributed by atoms with Crippen LogP contribution in [0.1, 0.15) is 43.5 Å². The lowest BCUT2D eigenvalue weighted by molar-refractivity contribution is -0.145. The molecule has 2 N–H and O–H groups in total. The minimum atomic E-state index is -0.995. The molecule has 26 heavy (non-hydrogen) atoms. The van der Waals surface area contributed by atoms with Crippen LogP contribution in [0.25, 0.3) is 0 Å². The second kappa shape index (κ2) is 11.3. The molecule has 0 aliphatic carbocycles. The van der Waals surface area contributed by atoms with Gasteiger partial charge in [-0.25, -0.2) is 14.2 Å². The lowest BCUT2D eigenvalue weighted by Crippen LogP contribution is -2.39. The molecular weight excluding hydrogens is 343 g/mol. The molecule has 1 aromatic rings. The zero-order valence-electron chi connectivity index (χ0n) is 15.1. The van der Waals surface area contributed by atoms with Crippen LogP contribution in [0, 0.1) is 5.82 Å². The molecule has 0 atom stereocenters. The Bertz CT molecular complexity index is 604. The molecule has 1 aromatic carbocycles. The van der Waals surface area contributed by atoms with Crippen molar-refractivity contribution in [1.29, 1.82) is 0 Å². The standard InChI is InChI=1S/C18H25FN2O5/c1-13(2)21(20)10-9-16(22)25-11-3-4-12-26-18(24)17(23)14-5-7-15(19)8-6-14/h5-8,13H,3-4,9-12,20H2,1-2H3. The molecule has 0 amide bonds. The van der Waals surface area contributed by atoms with Crippen LogP contribution in [-0.2, 0) is 19.1 Å². The van der Waals surface area contributed by atoms with Crippen LogP contribution < -0.4 is 5.84 Å². The maximum Gasteiger partial charge on any atom is 0.379 e. The van der Waals surface area contributed by atoms with Crippen molar-refractivity contribution >= 4 is 17.7 Å². The monoisotopic (exact) mass is 368 g/mol. The Kier molecular flexibility index (Phi) is 9.46. The third kappa shape index (κ3) is 8.17. The summed E-state index contributed by atoms with van der Waals surface area (Å²) in [6, 6.07) is 4.79. The van der Waals surface area contributed by atoms with Crippen LogP contribution in [0.15, 0.2) is 24.3 Å². The van der Waals surface area contributed by atoms with E-state index in [1.807, 2.05) is 13.8 Å². The second-order valence-corrected chi connectivity index (χ2v) is 5.98. The molecule has 0 radical (unpaired) electrons. The second-order valence-electron chi connectivity index (χ2n) is 5.98. The quantitative estimate of drug-likeness (QED) is 0.159. The van der Waals surface area contributed by atoms with Crippen molar-refractivity contribution in [2.45, 2.75) is 39.2 Å². The molecule has 0 aliphatic heterocycles. The number of hydrogen-bond acceptors (Lipinski definition) is 7. The predicted octanol–water partition coefficient (Wildman–Crippen LogP) is 1.85. The molecular formula is C18H25FN2O5. The zero-order chi connectivity index (χ0) is 19.5. The minimum Gasteiger partial charge on any atom is -0.466 e. The Morgan fingerprint density at radius 2 is 1.65 bits per heavy atom. The summed E-state index contributed by atoms with van der Waals surface area (Å²) >= 11 is 0.